The quantitative estimate of drug-likeness (QED) is 0.682. The maximum atomic E-state index is 12.6. The number of aromatic amines is 1. The van der Waals surface area contributed by atoms with Crippen LogP contribution in [0.2, 0.25) is 0 Å². The second-order valence-electron chi connectivity index (χ2n) is 7.64. The summed E-state index contributed by atoms with van der Waals surface area (Å²) >= 11 is 0. The van der Waals surface area contributed by atoms with Crippen LogP contribution in [0.5, 0.6) is 5.75 Å². The first-order valence-corrected chi connectivity index (χ1v) is 10.2. The number of aromatic nitrogens is 3. The van der Waals surface area contributed by atoms with E-state index < -0.39 is 0 Å². The van der Waals surface area contributed by atoms with Gasteiger partial charge in [0, 0.05) is 19.0 Å². The maximum Gasteiger partial charge on any atom is 0.343 e. The van der Waals surface area contributed by atoms with Gasteiger partial charge in [0.1, 0.15) is 11.6 Å². The number of nitrogens with zero attached hydrogens (tertiary/aromatic N) is 3. The molecule has 0 unspecified atom stereocenters. The van der Waals surface area contributed by atoms with Crippen LogP contribution in [0, 0.1) is 0 Å². The van der Waals surface area contributed by atoms with Crippen LogP contribution in [-0.2, 0) is 17.8 Å². The molecule has 30 heavy (non-hydrogen) atoms. The van der Waals surface area contributed by atoms with Gasteiger partial charge in [-0.3, -0.25) is 9.36 Å². The molecule has 7 heteroatoms. The van der Waals surface area contributed by atoms with Crippen molar-refractivity contribution in [2.75, 3.05) is 20.2 Å². The first-order chi connectivity index (χ1) is 14.6. The lowest BCUT2D eigenvalue weighted by atomic mass is 9.95. The minimum absolute atomic E-state index is 0.150. The SMILES string of the molecule is COc1ccc(Cn2c(C3CCN(C(=O)Cc4ccccc4)CC3)n[nH]c2=O)cc1. The van der Waals surface area contributed by atoms with E-state index in [1.807, 2.05) is 59.5 Å². The summed E-state index contributed by atoms with van der Waals surface area (Å²) in [6.07, 6.45) is 2.02. The average molecular weight is 406 g/mol. The van der Waals surface area contributed by atoms with E-state index in [-0.39, 0.29) is 17.5 Å². The fraction of sp³-hybridized carbons (Fsp3) is 0.348. The van der Waals surface area contributed by atoms with E-state index in [1.165, 1.54) is 0 Å². The van der Waals surface area contributed by atoms with Gasteiger partial charge in [-0.15, -0.1) is 0 Å². The number of nitrogens with one attached hydrogen (secondary N) is 1. The minimum Gasteiger partial charge on any atom is -0.497 e. The van der Waals surface area contributed by atoms with Crippen molar-refractivity contribution in [1.29, 1.82) is 0 Å². The summed E-state index contributed by atoms with van der Waals surface area (Å²) < 4.78 is 6.90. The van der Waals surface area contributed by atoms with E-state index in [9.17, 15) is 9.59 Å². The van der Waals surface area contributed by atoms with Crippen molar-refractivity contribution in [2.24, 2.45) is 0 Å². The standard InChI is InChI=1S/C23H26N4O3/c1-30-20-9-7-18(8-10-20)16-27-22(24-25-23(27)29)19-11-13-26(14-12-19)21(28)15-17-5-3-2-4-6-17/h2-10,19H,11-16H2,1H3,(H,25,29). The van der Waals surface area contributed by atoms with E-state index in [1.54, 1.807) is 11.7 Å². The molecule has 2 aromatic carbocycles. The van der Waals surface area contributed by atoms with E-state index in [0.717, 1.165) is 35.5 Å². The number of carbonyl (C=O) groups excluding carboxylic acids is 1. The Hall–Kier alpha value is -3.35. The number of rotatable bonds is 6. The van der Waals surface area contributed by atoms with Crippen molar-refractivity contribution in [3.05, 3.63) is 82.0 Å². The van der Waals surface area contributed by atoms with Crippen molar-refractivity contribution in [2.45, 2.75) is 31.7 Å². The van der Waals surface area contributed by atoms with Crippen LogP contribution >= 0.6 is 0 Å². The highest BCUT2D eigenvalue weighted by atomic mass is 16.5. The van der Waals surface area contributed by atoms with Crippen LogP contribution in [0.4, 0.5) is 0 Å². The van der Waals surface area contributed by atoms with Gasteiger partial charge in [-0.25, -0.2) is 9.89 Å². The van der Waals surface area contributed by atoms with E-state index >= 15 is 0 Å². The molecule has 1 aliphatic heterocycles. The third kappa shape index (κ3) is 4.45. The first-order valence-electron chi connectivity index (χ1n) is 10.2. The molecule has 1 N–H and O–H groups in total. The predicted octanol–water partition coefficient (Wildman–Crippen LogP) is 2.58. The van der Waals surface area contributed by atoms with Gasteiger partial charge in [-0.2, -0.15) is 5.10 Å². The number of hydrogen-bond donors (Lipinski definition) is 1. The molecule has 0 spiro atoms. The third-order valence-electron chi connectivity index (χ3n) is 5.70. The largest absolute Gasteiger partial charge is 0.497 e. The molecule has 1 aliphatic rings. The van der Waals surface area contributed by atoms with Crippen molar-refractivity contribution in [3.63, 3.8) is 0 Å². The Bertz CT molecular complexity index is 1030. The van der Waals surface area contributed by atoms with Crippen LogP contribution in [0.25, 0.3) is 0 Å². The molecule has 1 saturated heterocycles. The number of hydrogen-bond acceptors (Lipinski definition) is 4. The fourth-order valence-electron chi connectivity index (χ4n) is 3.98. The summed E-state index contributed by atoms with van der Waals surface area (Å²) in [5, 5.41) is 6.90. The highest BCUT2D eigenvalue weighted by molar-refractivity contribution is 5.78. The summed E-state index contributed by atoms with van der Waals surface area (Å²) in [6, 6.07) is 17.5. The first kappa shape index (κ1) is 19.9. The Morgan fingerprint density at radius 3 is 2.43 bits per heavy atom. The third-order valence-corrected chi connectivity index (χ3v) is 5.70. The van der Waals surface area contributed by atoms with Gasteiger partial charge in [0.2, 0.25) is 5.91 Å². The molecule has 4 rings (SSSR count). The molecule has 2 heterocycles. The van der Waals surface area contributed by atoms with Gasteiger partial charge in [0.15, 0.2) is 0 Å². The van der Waals surface area contributed by atoms with E-state index in [4.69, 9.17) is 4.74 Å². The van der Waals surface area contributed by atoms with Crippen molar-refractivity contribution in [1.82, 2.24) is 19.7 Å². The van der Waals surface area contributed by atoms with Gasteiger partial charge < -0.3 is 9.64 Å². The van der Waals surface area contributed by atoms with Gasteiger partial charge in [0.25, 0.3) is 0 Å². The second-order valence-corrected chi connectivity index (χ2v) is 7.64. The summed E-state index contributed by atoms with van der Waals surface area (Å²) in [4.78, 5) is 26.9. The molecule has 1 amide bonds. The molecule has 0 atom stereocenters. The van der Waals surface area contributed by atoms with Crippen LogP contribution < -0.4 is 10.4 Å². The average Bonchev–Trinajstić information content (AvgIpc) is 3.15. The van der Waals surface area contributed by atoms with E-state index in [0.29, 0.717) is 26.1 Å². The molecule has 1 fully saturated rings. The van der Waals surface area contributed by atoms with Crippen LogP contribution in [-0.4, -0.2) is 45.8 Å². The number of carbonyl (C=O) groups is 1. The Labute approximate surface area is 175 Å². The van der Waals surface area contributed by atoms with Crippen molar-refractivity contribution < 1.29 is 9.53 Å². The normalized spacial score (nSPS) is 14.6. The van der Waals surface area contributed by atoms with Crippen LogP contribution in [0.15, 0.2) is 59.4 Å². The lowest BCUT2D eigenvalue weighted by Gasteiger charge is -2.31. The predicted molar refractivity (Wildman–Crippen MR) is 114 cm³/mol. The molecule has 1 aromatic heterocycles. The smallest absolute Gasteiger partial charge is 0.343 e. The maximum absolute atomic E-state index is 12.6. The summed E-state index contributed by atoms with van der Waals surface area (Å²) in [5.41, 5.74) is 1.84. The van der Waals surface area contributed by atoms with Crippen molar-refractivity contribution >= 4 is 5.91 Å². The fourth-order valence-corrected chi connectivity index (χ4v) is 3.98. The van der Waals surface area contributed by atoms with Gasteiger partial charge in [0.05, 0.1) is 20.1 Å². The number of H-pyrrole nitrogens is 1. The zero-order valence-electron chi connectivity index (χ0n) is 17.1. The molecule has 156 valence electrons. The number of ether oxygens (including phenoxy) is 1. The Balaban J connectivity index is 1.40. The number of methoxy groups -OCH3 is 1. The summed E-state index contributed by atoms with van der Waals surface area (Å²) in [7, 11) is 1.63. The topological polar surface area (TPSA) is 80.2 Å². The molecule has 0 aliphatic carbocycles. The van der Waals surface area contributed by atoms with E-state index in [2.05, 4.69) is 10.2 Å². The number of piperidine rings is 1. The van der Waals surface area contributed by atoms with Gasteiger partial charge in [-0.1, -0.05) is 42.5 Å². The number of amides is 1. The number of likely N-dealkylation sites (tertiary alicyclic amines) is 1. The lowest BCUT2D eigenvalue weighted by molar-refractivity contribution is -0.131. The van der Waals surface area contributed by atoms with Crippen molar-refractivity contribution in [3.8, 4) is 5.75 Å². The monoisotopic (exact) mass is 406 g/mol. The summed E-state index contributed by atoms with van der Waals surface area (Å²) in [6.45, 7) is 1.82. The number of benzene rings is 2. The highest BCUT2D eigenvalue weighted by Crippen LogP contribution is 2.27. The molecule has 0 bridgehead atoms. The lowest BCUT2D eigenvalue weighted by Crippen LogP contribution is -2.39. The zero-order chi connectivity index (χ0) is 20.9. The molecule has 0 saturated carbocycles. The van der Waals surface area contributed by atoms with Gasteiger partial charge >= 0.3 is 5.69 Å². The van der Waals surface area contributed by atoms with Crippen LogP contribution in [0.1, 0.15) is 35.7 Å². The molecular weight excluding hydrogens is 380 g/mol. The molecule has 0 radical (unpaired) electrons. The summed E-state index contributed by atoms with van der Waals surface area (Å²) in [5.74, 6) is 1.86. The highest BCUT2D eigenvalue weighted by Gasteiger charge is 2.27. The minimum atomic E-state index is -0.205. The molecule has 7 nitrogen and oxygen atoms in total. The second kappa shape index (κ2) is 8.98. The Morgan fingerprint density at radius 1 is 1.07 bits per heavy atom. The molecule has 3 aromatic rings. The zero-order valence-corrected chi connectivity index (χ0v) is 17.1. The Morgan fingerprint density at radius 2 is 1.77 bits per heavy atom. The Kier molecular flexibility index (Phi) is 5.97. The van der Waals surface area contributed by atoms with Crippen LogP contribution in [0.3, 0.4) is 0 Å². The van der Waals surface area contributed by atoms with Gasteiger partial charge in [-0.05, 0) is 36.1 Å². The molecular formula is C23H26N4O3.